The van der Waals surface area contributed by atoms with Gasteiger partial charge in [-0.15, -0.1) is 0 Å². The largest absolute Gasteiger partial charge is 0.506 e. The van der Waals surface area contributed by atoms with Gasteiger partial charge in [-0.2, -0.15) is 0 Å². The molecule has 1 aromatic rings. The number of carbonyl (C=O) groups is 1. The summed E-state index contributed by atoms with van der Waals surface area (Å²) in [6.45, 7) is 0.894. The molecule has 0 aromatic heterocycles. The minimum atomic E-state index is -3.19. The van der Waals surface area contributed by atoms with Crippen molar-refractivity contribution < 1.29 is 18.3 Å². The van der Waals surface area contributed by atoms with E-state index in [-0.39, 0.29) is 44.5 Å². The molecule has 1 saturated heterocycles. The lowest BCUT2D eigenvalue weighted by atomic mass is 9.93. The quantitative estimate of drug-likeness (QED) is 0.786. The predicted molar refractivity (Wildman–Crippen MR) is 99.1 cm³/mol. The fraction of sp³-hybridized carbons (Fsp3) is 0.588. The summed E-state index contributed by atoms with van der Waals surface area (Å²) >= 11 is 11.8. The fourth-order valence-corrected chi connectivity index (χ4v) is 6.61. The Bertz CT molecular complexity index is 843. The number of hydrogen-bond donors (Lipinski definition) is 2. The van der Waals surface area contributed by atoms with Gasteiger partial charge >= 0.3 is 0 Å². The van der Waals surface area contributed by atoms with Crippen LogP contribution in [0.4, 0.5) is 0 Å². The molecule has 2 bridgehead atoms. The first kappa shape index (κ1) is 18.3. The molecule has 1 aromatic carbocycles. The maximum Gasteiger partial charge on any atom is 0.255 e. The topological polar surface area (TPSA) is 86.7 Å². The van der Waals surface area contributed by atoms with E-state index in [0.717, 1.165) is 25.7 Å². The van der Waals surface area contributed by atoms with E-state index in [1.165, 1.54) is 12.1 Å². The fourth-order valence-electron chi connectivity index (χ4n) is 4.17. The number of halogens is 2. The van der Waals surface area contributed by atoms with Crippen LogP contribution in [0.25, 0.3) is 0 Å². The molecule has 4 rings (SSSR count). The number of fused-ring (bicyclic) bond motifs is 2. The summed E-state index contributed by atoms with van der Waals surface area (Å²) in [7, 11) is -3.19. The molecule has 1 aliphatic heterocycles. The third kappa shape index (κ3) is 3.19. The highest BCUT2D eigenvalue weighted by molar-refractivity contribution is 7.90. The number of phenolic OH excluding ortho intramolecular Hbond substituents is 1. The molecule has 2 saturated carbocycles. The summed E-state index contributed by atoms with van der Waals surface area (Å²) in [6, 6.07) is 2.65. The Kier molecular flexibility index (Phi) is 4.62. The number of rotatable bonds is 4. The molecule has 2 atom stereocenters. The third-order valence-corrected chi connectivity index (χ3v) is 8.51. The van der Waals surface area contributed by atoms with E-state index < -0.39 is 15.9 Å². The summed E-state index contributed by atoms with van der Waals surface area (Å²) in [5.41, 5.74) is 0.0370. The molecule has 0 radical (unpaired) electrons. The van der Waals surface area contributed by atoms with Crippen molar-refractivity contribution in [3.63, 3.8) is 0 Å². The normalized spacial score (nSPS) is 28.9. The summed E-state index contributed by atoms with van der Waals surface area (Å²) < 4.78 is 26.6. The molecule has 1 heterocycles. The number of amides is 1. The van der Waals surface area contributed by atoms with Crippen molar-refractivity contribution in [3.8, 4) is 5.75 Å². The van der Waals surface area contributed by atoms with Crippen molar-refractivity contribution in [2.45, 2.75) is 37.0 Å². The van der Waals surface area contributed by atoms with Crippen molar-refractivity contribution in [1.82, 2.24) is 9.62 Å². The first-order valence-corrected chi connectivity index (χ1v) is 11.0. The van der Waals surface area contributed by atoms with Crippen LogP contribution >= 0.6 is 23.2 Å². The molecule has 3 fully saturated rings. The molecule has 1 amide bonds. The van der Waals surface area contributed by atoms with E-state index >= 15 is 0 Å². The highest BCUT2D eigenvalue weighted by Gasteiger charge is 2.49. The van der Waals surface area contributed by atoms with Crippen molar-refractivity contribution in [2.75, 3.05) is 13.1 Å². The Balaban J connectivity index is 1.50. The second kappa shape index (κ2) is 6.55. The van der Waals surface area contributed by atoms with E-state index in [1.54, 1.807) is 4.31 Å². The molecule has 0 spiro atoms. The predicted octanol–water partition coefficient (Wildman–Crippen LogP) is 2.63. The number of aromatic hydroxyl groups is 1. The Morgan fingerprint density at radius 2 is 1.73 bits per heavy atom. The Labute approximate surface area is 162 Å². The highest BCUT2D eigenvalue weighted by atomic mass is 35.5. The summed E-state index contributed by atoms with van der Waals surface area (Å²) in [6.07, 6.45) is 3.27. The van der Waals surface area contributed by atoms with E-state index in [2.05, 4.69) is 5.32 Å². The van der Waals surface area contributed by atoms with Crippen LogP contribution < -0.4 is 5.32 Å². The van der Waals surface area contributed by atoms with Crippen LogP contribution in [0.5, 0.6) is 5.75 Å². The van der Waals surface area contributed by atoms with Gasteiger partial charge in [0, 0.05) is 24.2 Å². The van der Waals surface area contributed by atoms with Crippen LogP contribution in [0.1, 0.15) is 36.0 Å². The summed E-state index contributed by atoms with van der Waals surface area (Å²) in [4.78, 5) is 12.6. The minimum Gasteiger partial charge on any atom is -0.506 e. The molecule has 26 heavy (non-hydrogen) atoms. The molecular formula is C17H20Cl2N2O4S. The van der Waals surface area contributed by atoms with Gasteiger partial charge in [0.15, 0.2) is 0 Å². The monoisotopic (exact) mass is 418 g/mol. The summed E-state index contributed by atoms with van der Waals surface area (Å²) in [5.74, 6) is -0.562. The lowest BCUT2D eigenvalue weighted by molar-refractivity contribution is 0.0885. The lowest BCUT2D eigenvalue weighted by Crippen LogP contribution is -2.54. The maximum absolute atomic E-state index is 12.6. The van der Waals surface area contributed by atoms with Crippen LogP contribution in [-0.2, 0) is 10.0 Å². The van der Waals surface area contributed by atoms with E-state index in [4.69, 9.17) is 23.2 Å². The number of carbonyl (C=O) groups excluding carboxylic acids is 1. The van der Waals surface area contributed by atoms with Gasteiger partial charge in [0.25, 0.3) is 5.91 Å². The van der Waals surface area contributed by atoms with Gasteiger partial charge in [0.2, 0.25) is 10.0 Å². The van der Waals surface area contributed by atoms with Gasteiger partial charge in [0.05, 0.1) is 15.8 Å². The number of piperidine rings is 1. The van der Waals surface area contributed by atoms with Gasteiger partial charge in [-0.25, -0.2) is 12.7 Å². The van der Waals surface area contributed by atoms with Crippen LogP contribution in [-0.4, -0.2) is 48.1 Å². The molecule has 2 unspecified atom stereocenters. The molecule has 6 nitrogen and oxygen atoms in total. The van der Waals surface area contributed by atoms with Gasteiger partial charge in [-0.1, -0.05) is 23.2 Å². The SMILES string of the molecule is O=C(NC1C2CCC1CN(S(=O)(=O)C1CC1)C2)c1cc(Cl)cc(Cl)c1O. The molecule has 9 heteroatoms. The standard InChI is InChI=1S/C17H20Cl2N2O4S/c18-11-5-13(16(22)14(19)6-11)17(23)20-15-9-1-2-10(15)8-21(7-9)26(24,25)12-3-4-12/h5-6,9-10,12,15,22H,1-4,7-8H2,(H,20,23). The number of hydrogen-bond acceptors (Lipinski definition) is 4. The second-order valence-electron chi connectivity index (χ2n) is 7.44. The molecule has 3 aliphatic rings. The number of nitrogens with one attached hydrogen (secondary N) is 1. The van der Waals surface area contributed by atoms with Gasteiger partial charge in [-0.3, -0.25) is 4.79 Å². The van der Waals surface area contributed by atoms with Gasteiger partial charge in [0.1, 0.15) is 5.75 Å². The maximum atomic E-state index is 12.6. The zero-order chi connectivity index (χ0) is 18.6. The smallest absolute Gasteiger partial charge is 0.255 e. The van der Waals surface area contributed by atoms with Crippen LogP contribution in [0, 0.1) is 11.8 Å². The third-order valence-electron chi connectivity index (χ3n) is 5.68. The first-order valence-electron chi connectivity index (χ1n) is 8.75. The number of nitrogens with zero attached hydrogens (tertiary/aromatic N) is 1. The molecule has 2 N–H and O–H groups in total. The van der Waals surface area contributed by atoms with E-state index in [9.17, 15) is 18.3 Å². The number of sulfonamides is 1. The first-order chi connectivity index (χ1) is 12.3. The zero-order valence-corrected chi connectivity index (χ0v) is 16.3. The molecule has 142 valence electrons. The number of benzene rings is 1. The average Bonchev–Trinajstić information content (AvgIpc) is 3.39. The second-order valence-corrected chi connectivity index (χ2v) is 10.5. The number of phenols is 1. The van der Waals surface area contributed by atoms with Crippen molar-refractivity contribution in [2.24, 2.45) is 11.8 Å². The average molecular weight is 419 g/mol. The van der Waals surface area contributed by atoms with Crippen molar-refractivity contribution in [1.29, 1.82) is 0 Å². The van der Waals surface area contributed by atoms with E-state index in [0.29, 0.717) is 13.1 Å². The molecular weight excluding hydrogens is 399 g/mol. The van der Waals surface area contributed by atoms with Crippen molar-refractivity contribution >= 4 is 39.1 Å². The van der Waals surface area contributed by atoms with Gasteiger partial charge in [-0.05, 0) is 49.7 Å². The van der Waals surface area contributed by atoms with E-state index in [1.807, 2.05) is 0 Å². The minimum absolute atomic E-state index is 0.0240. The highest BCUT2D eigenvalue weighted by Crippen LogP contribution is 2.41. The van der Waals surface area contributed by atoms with Crippen LogP contribution in [0.3, 0.4) is 0 Å². The van der Waals surface area contributed by atoms with Gasteiger partial charge < -0.3 is 10.4 Å². The molecule has 2 aliphatic carbocycles. The van der Waals surface area contributed by atoms with Crippen molar-refractivity contribution in [3.05, 3.63) is 27.7 Å². The Morgan fingerprint density at radius 3 is 2.31 bits per heavy atom. The lowest BCUT2D eigenvalue weighted by Gasteiger charge is -2.37. The Hall–Kier alpha value is -1.02. The van der Waals surface area contributed by atoms with Crippen LogP contribution in [0.2, 0.25) is 10.0 Å². The van der Waals surface area contributed by atoms with Crippen LogP contribution in [0.15, 0.2) is 12.1 Å². The Morgan fingerprint density at radius 1 is 1.12 bits per heavy atom. The summed E-state index contributed by atoms with van der Waals surface area (Å²) in [5, 5.41) is 13.1. The zero-order valence-electron chi connectivity index (χ0n) is 14.0.